The lowest BCUT2D eigenvalue weighted by Crippen LogP contribution is -2.31. The molecule has 7 nitrogen and oxygen atoms in total. The fourth-order valence-electron chi connectivity index (χ4n) is 2.55. The number of hydrogen-bond donors (Lipinski definition) is 1. The van der Waals surface area contributed by atoms with Gasteiger partial charge in [-0.25, -0.2) is 4.68 Å². The van der Waals surface area contributed by atoms with E-state index in [0.717, 1.165) is 17.7 Å². The molecule has 0 unspecified atom stereocenters. The molecule has 3 rings (SSSR count). The van der Waals surface area contributed by atoms with Gasteiger partial charge in [-0.2, -0.15) is 0 Å². The summed E-state index contributed by atoms with van der Waals surface area (Å²) >= 11 is 0. The molecule has 1 N–H and O–H groups in total. The maximum absolute atomic E-state index is 12.2. The molecular formula is C19H21N5O2. The van der Waals surface area contributed by atoms with Crippen molar-refractivity contribution in [1.82, 2.24) is 25.5 Å². The highest BCUT2D eigenvalue weighted by Gasteiger charge is 2.10. The van der Waals surface area contributed by atoms with Crippen molar-refractivity contribution in [2.45, 2.75) is 26.3 Å². The van der Waals surface area contributed by atoms with E-state index in [0.29, 0.717) is 5.75 Å². The summed E-state index contributed by atoms with van der Waals surface area (Å²) in [6, 6.07) is 15.4. The number of ether oxygens (including phenoxy) is 1. The smallest absolute Gasteiger partial charge is 0.258 e. The van der Waals surface area contributed by atoms with Gasteiger partial charge in [-0.05, 0) is 47.0 Å². The van der Waals surface area contributed by atoms with E-state index in [1.54, 1.807) is 12.1 Å². The Morgan fingerprint density at radius 3 is 2.73 bits per heavy atom. The van der Waals surface area contributed by atoms with Crippen LogP contribution in [0.25, 0.3) is 5.69 Å². The SMILES string of the molecule is CCc1ccc([C@H](C)NC(=O)COc2cccc(-n3cnnn3)c2)cc1. The van der Waals surface area contributed by atoms with E-state index in [9.17, 15) is 4.79 Å². The van der Waals surface area contributed by atoms with Gasteiger partial charge in [-0.15, -0.1) is 5.10 Å². The Balaban J connectivity index is 1.54. The van der Waals surface area contributed by atoms with Crippen molar-refractivity contribution in [2.75, 3.05) is 6.61 Å². The van der Waals surface area contributed by atoms with Gasteiger partial charge in [-0.1, -0.05) is 37.3 Å². The van der Waals surface area contributed by atoms with Gasteiger partial charge in [0.25, 0.3) is 5.91 Å². The first-order valence-electron chi connectivity index (χ1n) is 8.50. The lowest BCUT2D eigenvalue weighted by molar-refractivity contribution is -0.123. The number of aryl methyl sites for hydroxylation is 1. The fraction of sp³-hybridized carbons (Fsp3) is 0.263. The monoisotopic (exact) mass is 351 g/mol. The van der Waals surface area contributed by atoms with Gasteiger partial charge in [0.1, 0.15) is 12.1 Å². The van der Waals surface area contributed by atoms with Crippen LogP contribution >= 0.6 is 0 Å². The Hall–Kier alpha value is -3.22. The summed E-state index contributed by atoms with van der Waals surface area (Å²) in [6.45, 7) is 4.01. The highest BCUT2D eigenvalue weighted by Crippen LogP contribution is 2.16. The van der Waals surface area contributed by atoms with Crippen LogP contribution < -0.4 is 10.1 Å². The largest absolute Gasteiger partial charge is 0.484 e. The molecule has 0 aliphatic heterocycles. The van der Waals surface area contributed by atoms with Crippen LogP contribution in [0.3, 0.4) is 0 Å². The Morgan fingerprint density at radius 2 is 2.04 bits per heavy atom. The summed E-state index contributed by atoms with van der Waals surface area (Å²) in [5.74, 6) is 0.401. The maximum atomic E-state index is 12.2. The number of nitrogens with one attached hydrogen (secondary N) is 1. The zero-order valence-corrected chi connectivity index (χ0v) is 14.8. The summed E-state index contributed by atoms with van der Waals surface area (Å²) in [5.41, 5.74) is 3.10. The topological polar surface area (TPSA) is 81.9 Å². The molecule has 1 aromatic heterocycles. The standard InChI is InChI=1S/C19H21N5O2/c1-3-15-7-9-16(10-8-15)14(2)21-19(25)12-26-18-6-4-5-17(11-18)24-13-20-22-23-24/h4-11,13-14H,3,12H2,1-2H3,(H,21,25)/t14-/m0/s1. The zero-order chi connectivity index (χ0) is 18.4. The van der Waals surface area contributed by atoms with Crippen LogP contribution in [-0.4, -0.2) is 32.7 Å². The Labute approximate surface area is 152 Å². The molecule has 0 saturated heterocycles. The number of amides is 1. The molecule has 134 valence electrons. The third-order valence-corrected chi connectivity index (χ3v) is 4.07. The molecule has 0 spiro atoms. The summed E-state index contributed by atoms with van der Waals surface area (Å²) in [6.07, 6.45) is 2.50. The van der Waals surface area contributed by atoms with Gasteiger partial charge in [-0.3, -0.25) is 4.79 Å². The van der Waals surface area contributed by atoms with Gasteiger partial charge < -0.3 is 10.1 Å². The second kappa shape index (κ2) is 8.24. The van der Waals surface area contributed by atoms with Crippen molar-refractivity contribution in [3.8, 4) is 11.4 Å². The third kappa shape index (κ3) is 4.44. The van der Waals surface area contributed by atoms with Crippen molar-refractivity contribution < 1.29 is 9.53 Å². The predicted molar refractivity (Wildman–Crippen MR) is 97.0 cm³/mol. The summed E-state index contributed by atoms with van der Waals surface area (Å²) in [5, 5.41) is 14.0. The average molecular weight is 351 g/mol. The molecule has 26 heavy (non-hydrogen) atoms. The number of nitrogens with zero attached hydrogens (tertiary/aromatic N) is 4. The minimum Gasteiger partial charge on any atom is -0.484 e. The molecule has 3 aromatic rings. The first-order valence-corrected chi connectivity index (χ1v) is 8.50. The van der Waals surface area contributed by atoms with E-state index in [-0.39, 0.29) is 18.6 Å². The van der Waals surface area contributed by atoms with Gasteiger partial charge in [0, 0.05) is 6.07 Å². The molecule has 0 aliphatic rings. The number of carbonyl (C=O) groups is 1. The van der Waals surface area contributed by atoms with Gasteiger partial charge in [0.05, 0.1) is 11.7 Å². The molecule has 7 heteroatoms. The number of benzene rings is 2. The molecule has 1 heterocycles. The maximum Gasteiger partial charge on any atom is 0.258 e. The van der Waals surface area contributed by atoms with Crippen molar-refractivity contribution >= 4 is 5.91 Å². The van der Waals surface area contributed by atoms with Crippen molar-refractivity contribution in [2.24, 2.45) is 0 Å². The minimum absolute atomic E-state index is 0.0591. The highest BCUT2D eigenvalue weighted by atomic mass is 16.5. The molecule has 2 aromatic carbocycles. The average Bonchev–Trinajstić information content (AvgIpc) is 3.21. The number of tetrazole rings is 1. The molecule has 0 radical (unpaired) electrons. The van der Waals surface area contributed by atoms with E-state index < -0.39 is 0 Å². The van der Waals surface area contributed by atoms with Gasteiger partial charge in [0.15, 0.2) is 6.61 Å². The van der Waals surface area contributed by atoms with Gasteiger partial charge >= 0.3 is 0 Å². The first kappa shape index (κ1) is 17.6. The van der Waals surface area contributed by atoms with Crippen LogP contribution in [-0.2, 0) is 11.2 Å². The van der Waals surface area contributed by atoms with Crippen LogP contribution in [0.1, 0.15) is 31.0 Å². The normalized spacial score (nSPS) is 11.8. The minimum atomic E-state index is -0.176. The predicted octanol–water partition coefficient (Wildman–Crippen LogP) is 2.48. The lowest BCUT2D eigenvalue weighted by Gasteiger charge is -2.15. The van der Waals surface area contributed by atoms with Crippen LogP contribution in [0.5, 0.6) is 5.75 Å². The molecule has 1 amide bonds. The van der Waals surface area contributed by atoms with E-state index in [1.807, 2.05) is 31.2 Å². The fourth-order valence-corrected chi connectivity index (χ4v) is 2.55. The summed E-state index contributed by atoms with van der Waals surface area (Å²) in [7, 11) is 0. The molecule has 0 saturated carbocycles. The van der Waals surface area contributed by atoms with Crippen LogP contribution in [0.4, 0.5) is 0 Å². The lowest BCUT2D eigenvalue weighted by atomic mass is 10.1. The summed E-state index contributed by atoms with van der Waals surface area (Å²) in [4.78, 5) is 12.2. The Kier molecular flexibility index (Phi) is 5.58. The molecular weight excluding hydrogens is 330 g/mol. The van der Waals surface area contributed by atoms with Crippen molar-refractivity contribution in [3.63, 3.8) is 0 Å². The molecule has 0 fully saturated rings. The van der Waals surface area contributed by atoms with Crippen LogP contribution in [0.15, 0.2) is 54.9 Å². The van der Waals surface area contributed by atoms with E-state index >= 15 is 0 Å². The van der Waals surface area contributed by atoms with Gasteiger partial charge in [0.2, 0.25) is 0 Å². The molecule has 0 aliphatic carbocycles. The Morgan fingerprint density at radius 1 is 1.23 bits per heavy atom. The molecule has 0 bridgehead atoms. The number of hydrogen-bond acceptors (Lipinski definition) is 5. The summed E-state index contributed by atoms with van der Waals surface area (Å²) < 4.78 is 7.11. The van der Waals surface area contributed by atoms with Crippen LogP contribution in [0.2, 0.25) is 0 Å². The third-order valence-electron chi connectivity index (χ3n) is 4.07. The number of aromatic nitrogens is 4. The zero-order valence-electron chi connectivity index (χ0n) is 14.8. The van der Waals surface area contributed by atoms with Crippen molar-refractivity contribution in [1.29, 1.82) is 0 Å². The van der Waals surface area contributed by atoms with E-state index in [2.05, 4.69) is 39.9 Å². The second-order valence-corrected chi connectivity index (χ2v) is 5.92. The quantitative estimate of drug-likeness (QED) is 0.707. The number of rotatable bonds is 7. The molecule has 1 atom stereocenters. The van der Waals surface area contributed by atoms with Crippen molar-refractivity contribution in [3.05, 3.63) is 66.0 Å². The van der Waals surface area contributed by atoms with E-state index in [4.69, 9.17) is 4.74 Å². The Bertz CT molecular complexity index is 847. The highest BCUT2D eigenvalue weighted by molar-refractivity contribution is 5.78. The second-order valence-electron chi connectivity index (χ2n) is 5.92. The van der Waals surface area contributed by atoms with Crippen LogP contribution in [0, 0.1) is 0 Å². The number of carbonyl (C=O) groups excluding carboxylic acids is 1. The van der Waals surface area contributed by atoms with E-state index in [1.165, 1.54) is 16.6 Å². The first-order chi connectivity index (χ1) is 12.7.